The van der Waals surface area contributed by atoms with E-state index in [0.29, 0.717) is 0 Å². The number of hydrogen-bond donors (Lipinski definition) is 1. The minimum Gasteiger partial charge on any atom is -0.349 e. The Labute approximate surface area is 115 Å². The summed E-state index contributed by atoms with van der Waals surface area (Å²) in [5.74, 6) is 1.29. The van der Waals surface area contributed by atoms with Gasteiger partial charge in [-0.15, -0.1) is 11.8 Å². The highest BCUT2D eigenvalue weighted by molar-refractivity contribution is 9.10. The van der Waals surface area contributed by atoms with Crippen molar-refractivity contribution in [3.63, 3.8) is 0 Å². The minimum atomic E-state index is 0.0706. The smallest absolute Gasteiger partial charge is 0.233 e. The summed E-state index contributed by atoms with van der Waals surface area (Å²) in [5, 5.41) is 3.24. The molecule has 1 aromatic rings. The molecule has 2 rings (SSSR count). The molecule has 2 unspecified atom stereocenters. The molecule has 92 valence electrons. The number of hydrogen-bond acceptors (Lipinski definition) is 2. The highest BCUT2D eigenvalue weighted by Gasteiger charge is 2.24. The molecular weight excluding hydrogens is 298 g/mol. The van der Waals surface area contributed by atoms with E-state index in [2.05, 4.69) is 21.2 Å². The van der Waals surface area contributed by atoms with Gasteiger partial charge in [0.05, 0.1) is 11.3 Å². The lowest BCUT2D eigenvalue weighted by molar-refractivity contribution is -0.121. The highest BCUT2D eigenvalue weighted by Crippen LogP contribution is 2.27. The van der Waals surface area contributed by atoms with Crippen molar-refractivity contribution in [3.05, 3.63) is 34.3 Å². The van der Waals surface area contributed by atoms with Crippen LogP contribution in [0.1, 0.15) is 31.4 Å². The number of benzene rings is 1. The van der Waals surface area contributed by atoms with Crippen LogP contribution in [0.25, 0.3) is 0 Å². The molecule has 17 heavy (non-hydrogen) atoms. The van der Waals surface area contributed by atoms with Crippen molar-refractivity contribution in [2.24, 2.45) is 0 Å². The molecule has 1 amide bonds. The molecule has 1 fully saturated rings. The zero-order valence-electron chi connectivity index (χ0n) is 9.78. The van der Waals surface area contributed by atoms with Gasteiger partial charge in [0.1, 0.15) is 0 Å². The lowest BCUT2D eigenvalue weighted by Crippen LogP contribution is -2.33. The molecule has 2 nitrogen and oxygen atoms in total. The molecule has 1 heterocycles. The number of carbonyl (C=O) groups excluding carboxylic acids is 1. The maximum absolute atomic E-state index is 12.0. The molecule has 2 atom stereocenters. The van der Waals surface area contributed by atoms with Gasteiger partial charge in [-0.3, -0.25) is 4.79 Å². The van der Waals surface area contributed by atoms with Crippen LogP contribution in [0.5, 0.6) is 0 Å². The Bertz CT molecular complexity index is 404. The monoisotopic (exact) mass is 313 g/mol. The summed E-state index contributed by atoms with van der Waals surface area (Å²) in [5.41, 5.74) is 1.13. The van der Waals surface area contributed by atoms with Gasteiger partial charge in [0.15, 0.2) is 0 Å². The predicted octanol–water partition coefficient (Wildman–Crippen LogP) is 3.52. The summed E-state index contributed by atoms with van der Waals surface area (Å²) in [6, 6.07) is 8.14. The molecule has 0 spiro atoms. The number of nitrogens with one attached hydrogen (secondary N) is 1. The molecule has 1 aliphatic heterocycles. The van der Waals surface area contributed by atoms with Crippen molar-refractivity contribution in [3.8, 4) is 0 Å². The van der Waals surface area contributed by atoms with Gasteiger partial charge in [0.25, 0.3) is 0 Å². The van der Waals surface area contributed by atoms with Crippen molar-refractivity contribution >= 4 is 33.6 Å². The molecule has 1 N–H and O–H groups in total. The van der Waals surface area contributed by atoms with Crippen LogP contribution < -0.4 is 5.32 Å². The van der Waals surface area contributed by atoms with E-state index >= 15 is 0 Å². The Balaban J connectivity index is 1.96. The molecule has 0 saturated carbocycles. The van der Waals surface area contributed by atoms with Crippen molar-refractivity contribution in [2.45, 2.75) is 31.1 Å². The SMILES string of the molecule is CC(NC(=O)C1CCCS1)c1cccc(Br)c1. The Morgan fingerprint density at radius 2 is 2.41 bits per heavy atom. The summed E-state index contributed by atoms with van der Waals surface area (Å²) < 4.78 is 1.05. The van der Waals surface area contributed by atoms with Crippen LogP contribution in [0, 0.1) is 0 Å². The van der Waals surface area contributed by atoms with E-state index in [9.17, 15) is 4.79 Å². The third kappa shape index (κ3) is 3.49. The van der Waals surface area contributed by atoms with Crippen LogP contribution in [0.2, 0.25) is 0 Å². The first kappa shape index (κ1) is 13.0. The number of amides is 1. The largest absolute Gasteiger partial charge is 0.349 e. The zero-order valence-corrected chi connectivity index (χ0v) is 12.2. The summed E-state index contributed by atoms with van der Waals surface area (Å²) in [6.45, 7) is 2.03. The van der Waals surface area contributed by atoms with Crippen LogP contribution in [-0.2, 0) is 4.79 Å². The minimum absolute atomic E-state index is 0.0706. The van der Waals surface area contributed by atoms with Gasteiger partial charge in [-0.25, -0.2) is 0 Å². The fourth-order valence-corrected chi connectivity index (χ4v) is 3.54. The normalized spacial score (nSPS) is 21.2. The fourth-order valence-electron chi connectivity index (χ4n) is 1.95. The second-order valence-corrected chi connectivity index (χ2v) is 6.51. The third-order valence-electron chi connectivity index (χ3n) is 2.93. The van der Waals surface area contributed by atoms with E-state index in [-0.39, 0.29) is 17.2 Å². The summed E-state index contributed by atoms with van der Waals surface area (Å²) in [7, 11) is 0. The number of halogens is 1. The first-order chi connectivity index (χ1) is 8.16. The lowest BCUT2D eigenvalue weighted by atomic mass is 10.1. The number of thioether (sulfide) groups is 1. The second-order valence-electron chi connectivity index (χ2n) is 4.29. The summed E-state index contributed by atoms with van der Waals surface area (Å²) >= 11 is 5.22. The second kappa shape index (κ2) is 5.91. The standard InChI is InChI=1S/C13H16BrNOS/c1-9(10-4-2-5-11(14)8-10)15-13(16)12-6-3-7-17-12/h2,4-5,8-9,12H,3,6-7H2,1H3,(H,15,16). The zero-order chi connectivity index (χ0) is 12.3. The predicted molar refractivity (Wildman–Crippen MR) is 76.2 cm³/mol. The molecular formula is C13H16BrNOS. The molecule has 0 aliphatic carbocycles. The van der Waals surface area contributed by atoms with Gasteiger partial charge in [-0.1, -0.05) is 28.1 Å². The third-order valence-corrected chi connectivity index (χ3v) is 4.80. The molecule has 1 saturated heterocycles. The van der Waals surface area contributed by atoms with Crippen molar-refractivity contribution in [1.82, 2.24) is 5.32 Å². The van der Waals surface area contributed by atoms with Gasteiger partial charge in [-0.2, -0.15) is 0 Å². The summed E-state index contributed by atoms with van der Waals surface area (Å²) in [6.07, 6.45) is 2.18. The maximum Gasteiger partial charge on any atom is 0.233 e. The Kier molecular flexibility index (Phi) is 4.51. The van der Waals surface area contributed by atoms with Gasteiger partial charge in [-0.05, 0) is 43.2 Å². The Morgan fingerprint density at radius 1 is 1.59 bits per heavy atom. The first-order valence-corrected chi connectivity index (χ1v) is 7.68. The van der Waals surface area contributed by atoms with Crippen LogP contribution >= 0.6 is 27.7 Å². The first-order valence-electron chi connectivity index (χ1n) is 5.84. The Morgan fingerprint density at radius 3 is 3.06 bits per heavy atom. The van der Waals surface area contributed by atoms with E-state index < -0.39 is 0 Å². The molecule has 1 aliphatic rings. The van der Waals surface area contributed by atoms with E-state index in [1.54, 1.807) is 11.8 Å². The number of rotatable bonds is 3. The lowest BCUT2D eigenvalue weighted by Gasteiger charge is -2.17. The number of carbonyl (C=O) groups is 1. The van der Waals surface area contributed by atoms with Crippen molar-refractivity contribution in [1.29, 1.82) is 0 Å². The van der Waals surface area contributed by atoms with Crippen LogP contribution in [-0.4, -0.2) is 16.9 Å². The maximum atomic E-state index is 12.0. The van der Waals surface area contributed by atoms with Gasteiger partial charge < -0.3 is 5.32 Å². The molecule has 4 heteroatoms. The average molecular weight is 314 g/mol. The van der Waals surface area contributed by atoms with Crippen LogP contribution in [0.3, 0.4) is 0 Å². The Hall–Kier alpha value is -0.480. The van der Waals surface area contributed by atoms with Gasteiger partial charge >= 0.3 is 0 Å². The van der Waals surface area contributed by atoms with Crippen molar-refractivity contribution in [2.75, 3.05) is 5.75 Å². The molecule has 0 aromatic heterocycles. The quantitative estimate of drug-likeness (QED) is 0.925. The molecule has 0 radical (unpaired) electrons. The molecule has 0 bridgehead atoms. The molecule has 1 aromatic carbocycles. The van der Waals surface area contributed by atoms with Crippen LogP contribution in [0.4, 0.5) is 0 Å². The van der Waals surface area contributed by atoms with Crippen LogP contribution in [0.15, 0.2) is 28.7 Å². The summed E-state index contributed by atoms with van der Waals surface area (Å²) in [4.78, 5) is 12.0. The van der Waals surface area contributed by atoms with Gasteiger partial charge in [0, 0.05) is 4.47 Å². The topological polar surface area (TPSA) is 29.1 Å². The van der Waals surface area contributed by atoms with E-state index in [0.717, 1.165) is 28.6 Å². The fraction of sp³-hybridized carbons (Fsp3) is 0.462. The van der Waals surface area contributed by atoms with Gasteiger partial charge in [0.2, 0.25) is 5.91 Å². The van der Waals surface area contributed by atoms with E-state index in [1.807, 2.05) is 31.2 Å². The average Bonchev–Trinajstić information content (AvgIpc) is 2.82. The van der Waals surface area contributed by atoms with E-state index in [4.69, 9.17) is 0 Å². The van der Waals surface area contributed by atoms with Crippen molar-refractivity contribution < 1.29 is 4.79 Å². The van der Waals surface area contributed by atoms with E-state index in [1.165, 1.54) is 0 Å². The highest BCUT2D eigenvalue weighted by atomic mass is 79.9.